The Kier molecular flexibility index (Phi) is 8.00. The fraction of sp³-hybridized carbons (Fsp3) is 0.394. The molecule has 0 spiro atoms. The number of phenols is 1. The van der Waals surface area contributed by atoms with Crippen LogP contribution in [0, 0.1) is 11.8 Å². The van der Waals surface area contributed by atoms with Crippen molar-refractivity contribution in [1.82, 2.24) is 9.80 Å². The molecule has 4 atom stereocenters. The second kappa shape index (κ2) is 11.3. The molecule has 0 fully saturated rings. The van der Waals surface area contributed by atoms with Gasteiger partial charge in [-0.2, -0.15) is 0 Å². The zero-order chi connectivity index (χ0) is 32.2. The Hall–Kier alpha value is -4.32. The van der Waals surface area contributed by atoms with E-state index in [-0.39, 0.29) is 35.5 Å². The number of rotatable bonds is 8. The number of nitrogens with two attached hydrogens (primary N) is 1. The van der Waals surface area contributed by atoms with Crippen LogP contribution in [0.5, 0.6) is 5.75 Å². The molecule has 6 N–H and O–H groups in total. The topological polar surface area (TPSA) is 182 Å². The summed E-state index contributed by atoms with van der Waals surface area (Å²) < 4.78 is 0. The Morgan fingerprint density at radius 1 is 1.00 bits per heavy atom. The molecule has 3 aliphatic rings. The van der Waals surface area contributed by atoms with Crippen LogP contribution in [0.15, 0.2) is 59.1 Å². The first kappa shape index (κ1) is 31.1. The minimum atomic E-state index is -2.69. The van der Waals surface area contributed by atoms with Crippen LogP contribution in [-0.2, 0) is 16.0 Å². The number of fused-ring (bicyclic) bond motifs is 3. The van der Waals surface area contributed by atoms with E-state index in [0.29, 0.717) is 28.7 Å². The first-order chi connectivity index (χ1) is 20.7. The highest BCUT2D eigenvalue weighted by molar-refractivity contribution is 6.25. The number of aliphatic hydroxyl groups is 3. The maximum atomic E-state index is 14.0. The summed E-state index contributed by atoms with van der Waals surface area (Å²) in [5.41, 5.74) is 4.03. The van der Waals surface area contributed by atoms with Gasteiger partial charge in [0.2, 0.25) is 5.78 Å². The zero-order valence-electron chi connectivity index (χ0n) is 25.1. The van der Waals surface area contributed by atoms with Gasteiger partial charge in [0.1, 0.15) is 22.8 Å². The summed E-state index contributed by atoms with van der Waals surface area (Å²) in [7, 11) is 7.07. The molecule has 5 rings (SSSR count). The Morgan fingerprint density at radius 3 is 2.25 bits per heavy atom. The third-order valence-electron chi connectivity index (χ3n) is 9.13. The first-order valence-electron chi connectivity index (χ1n) is 14.5. The van der Waals surface area contributed by atoms with Crippen molar-refractivity contribution in [3.05, 3.63) is 75.8 Å². The lowest BCUT2D eigenvalue weighted by Gasteiger charge is -2.50. The normalized spacial score (nSPS) is 24.8. The molecule has 2 aromatic rings. The maximum Gasteiger partial charge on any atom is 0.255 e. The van der Waals surface area contributed by atoms with E-state index in [2.05, 4.69) is 0 Å². The van der Waals surface area contributed by atoms with Crippen LogP contribution in [0.2, 0.25) is 0 Å². The summed E-state index contributed by atoms with van der Waals surface area (Å²) in [5.74, 6) is -6.90. The van der Waals surface area contributed by atoms with Gasteiger partial charge in [-0.15, -0.1) is 0 Å². The molecule has 0 heterocycles. The summed E-state index contributed by atoms with van der Waals surface area (Å²) in [6.07, 6.45) is 1.32. The minimum Gasteiger partial charge on any atom is -0.510 e. The number of likely N-dealkylation sites (N-methyl/N-ethyl adjacent to an activating group) is 1. The molecule has 0 unspecified atom stereocenters. The summed E-state index contributed by atoms with van der Waals surface area (Å²) in [5, 5.41) is 45.0. The molecule has 44 heavy (non-hydrogen) atoms. The van der Waals surface area contributed by atoms with E-state index in [1.807, 2.05) is 19.0 Å². The maximum absolute atomic E-state index is 14.0. The predicted molar refractivity (Wildman–Crippen MR) is 161 cm³/mol. The van der Waals surface area contributed by atoms with Gasteiger partial charge >= 0.3 is 0 Å². The van der Waals surface area contributed by atoms with Crippen LogP contribution in [0.4, 0.5) is 0 Å². The molecular formula is C33H37N3O8. The molecule has 2 aromatic carbocycles. The SMILES string of the molecule is CN(C)CCCC(=O)c1ccc(-c2ccc(O)c3c2C[C@H]2C[C@H]4[C@H](N(C)C)C(O)=C(C(N)=O)C(=O)[C@@]4(O)C(O)=C2C3=O)cc1. The quantitative estimate of drug-likeness (QED) is 0.222. The molecule has 11 heteroatoms. The van der Waals surface area contributed by atoms with E-state index in [9.17, 15) is 39.6 Å². The van der Waals surface area contributed by atoms with Gasteiger partial charge in [0.05, 0.1) is 11.6 Å². The molecule has 3 aliphatic carbocycles. The summed E-state index contributed by atoms with van der Waals surface area (Å²) >= 11 is 0. The van der Waals surface area contributed by atoms with E-state index in [1.165, 1.54) is 11.0 Å². The van der Waals surface area contributed by atoms with Crippen molar-refractivity contribution >= 4 is 23.3 Å². The van der Waals surface area contributed by atoms with E-state index < -0.39 is 58.0 Å². The van der Waals surface area contributed by atoms with Crippen molar-refractivity contribution in [2.75, 3.05) is 34.7 Å². The Labute approximate surface area is 254 Å². The average Bonchev–Trinajstić information content (AvgIpc) is 2.94. The predicted octanol–water partition coefficient (Wildman–Crippen LogP) is 2.31. The van der Waals surface area contributed by atoms with Crippen LogP contribution >= 0.6 is 0 Å². The molecule has 0 aromatic heterocycles. The van der Waals surface area contributed by atoms with Crippen molar-refractivity contribution < 1.29 is 39.6 Å². The van der Waals surface area contributed by atoms with Crippen molar-refractivity contribution in [3.63, 3.8) is 0 Å². The fourth-order valence-corrected chi connectivity index (χ4v) is 7.06. The monoisotopic (exact) mass is 603 g/mol. The van der Waals surface area contributed by atoms with Crippen LogP contribution in [0.3, 0.4) is 0 Å². The lowest BCUT2D eigenvalue weighted by molar-refractivity contribution is -0.148. The lowest BCUT2D eigenvalue weighted by Crippen LogP contribution is -2.63. The summed E-state index contributed by atoms with van der Waals surface area (Å²) in [4.78, 5) is 55.8. The number of primary amides is 1. The zero-order valence-corrected chi connectivity index (χ0v) is 25.1. The van der Waals surface area contributed by atoms with Gasteiger partial charge in [-0.3, -0.25) is 24.1 Å². The van der Waals surface area contributed by atoms with Gasteiger partial charge in [0.25, 0.3) is 5.91 Å². The first-order valence-corrected chi connectivity index (χ1v) is 14.5. The number of nitrogens with zero attached hydrogens (tertiary/aromatic N) is 2. The fourth-order valence-electron chi connectivity index (χ4n) is 7.06. The lowest BCUT2D eigenvalue weighted by atomic mass is 9.58. The van der Waals surface area contributed by atoms with E-state index >= 15 is 0 Å². The highest BCUT2D eigenvalue weighted by atomic mass is 16.3. The van der Waals surface area contributed by atoms with Gasteiger partial charge in [-0.05, 0) is 82.7 Å². The number of hydrogen-bond donors (Lipinski definition) is 5. The number of carbonyl (C=O) groups is 4. The average molecular weight is 604 g/mol. The third kappa shape index (κ3) is 4.81. The van der Waals surface area contributed by atoms with Gasteiger partial charge in [0, 0.05) is 23.5 Å². The van der Waals surface area contributed by atoms with Crippen LogP contribution in [0.1, 0.15) is 45.5 Å². The minimum absolute atomic E-state index is 0.00124. The number of amides is 1. The second-order valence-corrected chi connectivity index (χ2v) is 12.4. The van der Waals surface area contributed by atoms with Gasteiger partial charge in [-0.25, -0.2) is 0 Å². The molecule has 0 aliphatic heterocycles. The largest absolute Gasteiger partial charge is 0.510 e. The van der Waals surface area contributed by atoms with Crippen LogP contribution < -0.4 is 5.73 Å². The molecule has 11 nitrogen and oxygen atoms in total. The highest BCUT2D eigenvalue weighted by Gasteiger charge is 2.63. The van der Waals surface area contributed by atoms with Crippen molar-refractivity contribution in [2.24, 2.45) is 17.6 Å². The van der Waals surface area contributed by atoms with Gasteiger partial charge in [0.15, 0.2) is 17.2 Å². The van der Waals surface area contributed by atoms with Crippen LogP contribution in [0.25, 0.3) is 11.1 Å². The molecule has 0 saturated carbocycles. The Balaban J connectivity index is 1.56. The van der Waals surface area contributed by atoms with Crippen molar-refractivity contribution in [1.29, 1.82) is 0 Å². The number of hydrogen-bond acceptors (Lipinski definition) is 10. The third-order valence-corrected chi connectivity index (χ3v) is 9.13. The summed E-state index contributed by atoms with van der Waals surface area (Å²) in [6.45, 7) is 0.800. The van der Waals surface area contributed by atoms with Gasteiger partial charge in [-0.1, -0.05) is 30.3 Å². The van der Waals surface area contributed by atoms with Crippen molar-refractivity contribution in [2.45, 2.75) is 37.3 Å². The smallest absolute Gasteiger partial charge is 0.255 e. The molecule has 1 amide bonds. The van der Waals surface area contributed by atoms with Crippen molar-refractivity contribution in [3.8, 4) is 16.9 Å². The summed E-state index contributed by atoms with van der Waals surface area (Å²) in [6, 6.07) is 9.02. The number of benzene rings is 2. The molecule has 0 radical (unpaired) electrons. The molecule has 232 valence electrons. The molecule has 0 bridgehead atoms. The highest BCUT2D eigenvalue weighted by Crippen LogP contribution is 2.53. The van der Waals surface area contributed by atoms with E-state index in [0.717, 1.165) is 13.0 Å². The van der Waals surface area contributed by atoms with E-state index in [4.69, 9.17) is 5.73 Å². The molecular weight excluding hydrogens is 566 g/mol. The number of aliphatic hydroxyl groups excluding tert-OH is 2. The Bertz CT molecular complexity index is 1640. The number of carbonyl (C=O) groups excluding carboxylic acids is 4. The Morgan fingerprint density at radius 2 is 1.66 bits per heavy atom. The standard InChI is InChI=1S/C33H37N3O8/c1-35(2)13-5-6-22(37)17-9-7-16(8-10-17)19-11-12-23(38)25-20(19)14-18-15-21-27(36(3)4)29(40)26(32(34)43)31(42)33(21,44)30(41)24(18)28(25)39/h7-12,18,21,27,38,40-41,44H,5-6,13-15H2,1-4H3,(H2,34,43)/t18-,21-,27-,33-/m0/s1. The number of phenolic OH excluding ortho intramolecular Hbond substituents is 1. The van der Waals surface area contributed by atoms with Crippen LogP contribution in [-0.4, -0.2) is 99.9 Å². The van der Waals surface area contributed by atoms with Gasteiger partial charge < -0.3 is 31.1 Å². The molecule has 0 saturated heterocycles. The second-order valence-electron chi connectivity index (χ2n) is 12.4. The number of aromatic hydroxyl groups is 1. The number of Topliss-reactive ketones (excluding diaryl/α,β-unsaturated/α-hetero) is 3. The number of allylic oxidation sites excluding steroid dienone is 1. The number of ketones is 3. The van der Waals surface area contributed by atoms with E-state index in [1.54, 1.807) is 44.4 Å².